The number of hydrogen-bond donors (Lipinski definition) is 1. The van der Waals surface area contributed by atoms with Crippen molar-refractivity contribution in [2.45, 2.75) is 25.1 Å². The minimum Gasteiger partial charge on any atom is -0.375 e. The molecule has 3 rings (SSSR count). The Labute approximate surface area is 152 Å². The molecule has 2 saturated heterocycles. The van der Waals surface area contributed by atoms with Crippen LogP contribution in [0.15, 0.2) is 6.07 Å². The summed E-state index contributed by atoms with van der Waals surface area (Å²) >= 11 is 0. The molecule has 0 saturated carbocycles. The highest BCUT2D eigenvalue weighted by molar-refractivity contribution is 7.92. The normalized spacial score (nSPS) is 26.6. The fraction of sp³-hybridized carbons (Fsp3) is 0.625. The Hall–Kier alpha value is -2.07. The zero-order chi connectivity index (χ0) is 19.1. The summed E-state index contributed by atoms with van der Waals surface area (Å²) in [6, 6.07) is 1.08. The lowest BCUT2D eigenvalue weighted by molar-refractivity contribution is -0.125. The lowest BCUT2D eigenvalue weighted by atomic mass is 10.0. The number of nitrogens with zero attached hydrogens (tertiary/aromatic N) is 3. The van der Waals surface area contributed by atoms with E-state index in [1.54, 1.807) is 19.9 Å². The average molecular weight is 382 g/mol. The van der Waals surface area contributed by atoms with Gasteiger partial charge in [-0.05, 0) is 19.9 Å². The summed E-state index contributed by atoms with van der Waals surface area (Å²) in [5.41, 5.74) is 0.935. The van der Waals surface area contributed by atoms with Crippen molar-refractivity contribution < 1.29 is 22.7 Å². The molecular weight excluding hydrogens is 360 g/mol. The van der Waals surface area contributed by atoms with E-state index in [-0.39, 0.29) is 48.9 Å². The van der Waals surface area contributed by atoms with Gasteiger partial charge in [0.2, 0.25) is 5.91 Å². The fourth-order valence-corrected chi connectivity index (χ4v) is 6.04. The van der Waals surface area contributed by atoms with Crippen molar-refractivity contribution in [1.29, 1.82) is 0 Å². The van der Waals surface area contributed by atoms with E-state index in [0.717, 1.165) is 0 Å². The first kappa shape index (κ1) is 18.7. The van der Waals surface area contributed by atoms with Crippen LogP contribution >= 0.6 is 0 Å². The van der Waals surface area contributed by atoms with E-state index in [9.17, 15) is 18.0 Å². The van der Waals surface area contributed by atoms with Crippen LogP contribution in [0.4, 0.5) is 0 Å². The van der Waals surface area contributed by atoms with Crippen LogP contribution in [0.25, 0.3) is 0 Å². The molecule has 9 nitrogen and oxygen atoms in total. The average Bonchev–Trinajstić information content (AvgIpc) is 3.06. The van der Waals surface area contributed by atoms with Crippen molar-refractivity contribution in [1.82, 2.24) is 20.2 Å². The van der Waals surface area contributed by atoms with Gasteiger partial charge in [-0.1, -0.05) is 0 Å². The number of rotatable bonds is 4. The Morgan fingerprint density at radius 2 is 2.04 bits per heavy atom. The number of carbonyl (C=O) groups is 2. The number of ether oxygens (including phenoxy) is 1. The molecule has 2 aliphatic rings. The molecule has 1 aromatic rings. The Morgan fingerprint density at radius 3 is 2.69 bits per heavy atom. The van der Waals surface area contributed by atoms with Crippen molar-refractivity contribution in [3.8, 4) is 0 Å². The maximum absolute atomic E-state index is 12.8. The summed E-state index contributed by atoms with van der Waals surface area (Å²) in [5, 5.41) is 2.05. The van der Waals surface area contributed by atoms with Crippen LogP contribution in [0.1, 0.15) is 22.0 Å². The third-order valence-corrected chi connectivity index (χ3v) is 7.04. The molecule has 2 aliphatic heterocycles. The standard InChI is InChI=1S/C16H22N4O5S/c1-9-4-12(18-10(2)17-9)16(22)20-5-11-13(19-15(21)7-25-3)8-26(23,24)14(11)6-20/h4,11,13-14H,5-8H2,1-3H3,(H,19,21)/t11-,13+,14-/m0/s1. The molecule has 1 aromatic heterocycles. The molecule has 142 valence electrons. The van der Waals surface area contributed by atoms with E-state index in [4.69, 9.17) is 4.74 Å². The Kier molecular flexibility index (Phi) is 4.98. The van der Waals surface area contributed by atoms with Crippen LogP contribution in [0.5, 0.6) is 0 Å². The number of amides is 2. The van der Waals surface area contributed by atoms with Crippen molar-refractivity contribution in [3.05, 3.63) is 23.3 Å². The monoisotopic (exact) mass is 382 g/mol. The summed E-state index contributed by atoms with van der Waals surface area (Å²) < 4.78 is 29.7. The van der Waals surface area contributed by atoms with Gasteiger partial charge >= 0.3 is 0 Å². The van der Waals surface area contributed by atoms with Gasteiger partial charge in [0.25, 0.3) is 5.91 Å². The lowest BCUT2D eigenvalue weighted by Crippen LogP contribution is -2.44. The van der Waals surface area contributed by atoms with Gasteiger partial charge in [0.15, 0.2) is 9.84 Å². The molecule has 26 heavy (non-hydrogen) atoms. The zero-order valence-electron chi connectivity index (χ0n) is 14.9. The molecule has 3 heterocycles. The van der Waals surface area contributed by atoms with Gasteiger partial charge in [-0.2, -0.15) is 0 Å². The number of aromatic nitrogens is 2. The maximum atomic E-state index is 12.8. The molecule has 0 aromatic carbocycles. The van der Waals surface area contributed by atoms with E-state index >= 15 is 0 Å². The number of nitrogens with one attached hydrogen (secondary N) is 1. The largest absolute Gasteiger partial charge is 0.375 e. The summed E-state index contributed by atoms with van der Waals surface area (Å²) in [5.74, 6) is -0.616. The number of aryl methyl sites for hydroxylation is 2. The molecule has 0 aliphatic carbocycles. The number of likely N-dealkylation sites (tertiary alicyclic amines) is 1. The Balaban J connectivity index is 1.78. The van der Waals surface area contributed by atoms with E-state index < -0.39 is 21.1 Å². The SMILES string of the molecule is COCC(=O)N[C@@H]1CS(=O)(=O)[C@H]2CN(C(=O)c3cc(C)nc(C)n3)C[C@@H]12. The summed E-state index contributed by atoms with van der Waals surface area (Å²) in [6.45, 7) is 3.73. The first-order chi connectivity index (χ1) is 12.2. The minimum absolute atomic E-state index is 0.106. The smallest absolute Gasteiger partial charge is 0.272 e. The van der Waals surface area contributed by atoms with Gasteiger partial charge in [-0.3, -0.25) is 9.59 Å². The van der Waals surface area contributed by atoms with E-state index in [2.05, 4.69) is 15.3 Å². The van der Waals surface area contributed by atoms with Crippen LogP contribution in [-0.4, -0.2) is 79.0 Å². The molecule has 10 heteroatoms. The number of sulfone groups is 1. The fourth-order valence-electron chi connectivity index (χ4n) is 3.75. The van der Waals surface area contributed by atoms with Gasteiger partial charge in [-0.15, -0.1) is 0 Å². The van der Waals surface area contributed by atoms with Crippen LogP contribution in [0.3, 0.4) is 0 Å². The lowest BCUT2D eigenvalue weighted by Gasteiger charge is -2.21. The molecule has 2 fully saturated rings. The second kappa shape index (κ2) is 6.92. The van der Waals surface area contributed by atoms with Crippen molar-refractivity contribution in [3.63, 3.8) is 0 Å². The number of fused-ring (bicyclic) bond motifs is 1. The number of carbonyl (C=O) groups excluding carboxylic acids is 2. The molecule has 1 N–H and O–H groups in total. The molecular formula is C16H22N4O5S. The molecule has 0 spiro atoms. The van der Waals surface area contributed by atoms with Crippen molar-refractivity contribution in [2.75, 3.05) is 32.6 Å². The van der Waals surface area contributed by atoms with Gasteiger partial charge in [0.1, 0.15) is 18.1 Å². The summed E-state index contributed by atoms with van der Waals surface area (Å²) in [4.78, 5) is 34.4. The Morgan fingerprint density at radius 1 is 1.31 bits per heavy atom. The predicted molar refractivity (Wildman–Crippen MR) is 92.3 cm³/mol. The van der Waals surface area contributed by atoms with Crippen LogP contribution in [0.2, 0.25) is 0 Å². The Bertz CT molecular complexity index is 821. The number of methoxy groups -OCH3 is 1. The van der Waals surface area contributed by atoms with E-state index in [0.29, 0.717) is 11.5 Å². The van der Waals surface area contributed by atoms with Crippen LogP contribution in [0, 0.1) is 19.8 Å². The first-order valence-corrected chi connectivity index (χ1v) is 10.0. The summed E-state index contributed by atoms with van der Waals surface area (Å²) in [7, 11) is -1.98. The molecule has 0 radical (unpaired) electrons. The highest BCUT2D eigenvalue weighted by Gasteiger charge is 2.53. The third-order valence-electron chi connectivity index (χ3n) is 4.79. The van der Waals surface area contributed by atoms with Gasteiger partial charge in [0, 0.05) is 37.9 Å². The number of hydrogen-bond acceptors (Lipinski definition) is 7. The molecule has 0 unspecified atom stereocenters. The first-order valence-electron chi connectivity index (χ1n) is 8.32. The summed E-state index contributed by atoms with van der Waals surface area (Å²) in [6.07, 6.45) is 0. The van der Waals surface area contributed by atoms with Gasteiger partial charge < -0.3 is 15.0 Å². The van der Waals surface area contributed by atoms with Crippen molar-refractivity contribution in [2.24, 2.45) is 5.92 Å². The highest BCUT2D eigenvalue weighted by atomic mass is 32.2. The zero-order valence-corrected chi connectivity index (χ0v) is 15.7. The third kappa shape index (κ3) is 3.56. The van der Waals surface area contributed by atoms with Crippen molar-refractivity contribution >= 4 is 21.7 Å². The highest BCUT2D eigenvalue weighted by Crippen LogP contribution is 2.34. The molecule has 2 amide bonds. The van der Waals surface area contributed by atoms with E-state index in [1.165, 1.54) is 12.0 Å². The minimum atomic E-state index is -3.38. The second-order valence-corrected chi connectivity index (χ2v) is 9.06. The van der Waals surface area contributed by atoms with Gasteiger partial charge in [0.05, 0.1) is 11.0 Å². The second-order valence-electron chi connectivity index (χ2n) is 6.79. The topological polar surface area (TPSA) is 119 Å². The van der Waals surface area contributed by atoms with Crippen LogP contribution < -0.4 is 5.32 Å². The quantitative estimate of drug-likeness (QED) is 0.716. The van der Waals surface area contributed by atoms with E-state index in [1.807, 2.05) is 0 Å². The van der Waals surface area contributed by atoms with Crippen LogP contribution in [-0.2, 0) is 19.4 Å². The molecule has 0 bridgehead atoms. The maximum Gasteiger partial charge on any atom is 0.272 e. The predicted octanol–water partition coefficient (Wildman–Crippen LogP) is -0.906. The molecule has 3 atom stereocenters. The van der Waals surface area contributed by atoms with Gasteiger partial charge in [-0.25, -0.2) is 18.4 Å².